The van der Waals surface area contributed by atoms with Gasteiger partial charge in [-0.1, -0.05) is 61.0 Å². The lowest BCUT2D eigenvalue weighted by Crippen LogP contribution is -2.34. The molecule has 0 atom stereocenters. The van der Waals surface area contributed by atoms with Crippen LogP contribution in [0.2, 0.25) is 5.02 Å². The van der Waals surface area contributed by atoms with Crippen LogP contribution in [-0.4, -0.2) is 40.8 Å². The molecule has 1 heterocycles. The standard InChI is InChI=1S/C28H27ClFN3O3/c1-3-25-22(19-32(17-18-35-2)27(34)21-13-7-8-14-23(21)29)28(36-26-16-10-9-15-24(26)30)33(31-25)20-11-5-4-6-12-20/h4-16H,3,17-19H2,1-2H3. The van der Waals surface area contributed by atoms with Gasteiger partial charge in [0.15, 0.2) is 11.6 Å². The van der Waals surface area contributed by atoms with Gasteiger partial charge in [-0.3, -0.25) is 4.79 Å². The first-order valence-electron chi connectivity index (χ1n) is 11.6. The van der Waals surface area contributed by atoms with E-state index >= 15 is 0 Å². The number of halogens is 2. The first kappa shape index (κ1) is 25.4. The smallest absolute Gasteiger partial charge is 0.255 e. The molecular formula is C28H27ClFN3O3. The van der Waals surface area contributed by atoms with E-state index in [9.17, 15) is 9.18 Å². The Morgan fingerprint density at radius 1 is 1.03 bits per heavy atom. The van der Waals surface area contributed by atoms with Crippen LogP contribution in [-0.2, 0) is 17.7 Å². The summed E-state index contributed by atoms with van der Waals surface area (Å²) < 4.78 is 27.7. The Hall–Kier alpha value is -3.68. The zero-order valence-electron chi connectivity index (χ0n) is 20.2. The lowest BCUT2D eigenvalue weighted by atomic mass is 10.1. The number of hydrogen-bond acceptors (Lipinski definition) is 4. The maximum atomic E-state index is 14.6. The molecule has 4 aromatic rings. The van der Waals surface area contributed by atoms with Crippen molar-refractivity contribution in [1.82, 2.24) is 14.7 Å². The van der Waals surface area contributed by atoms with Gasteiger partial charge in [-0.2, -0.15) is 5.10 Å². The van der Waals surface area contributed by atoms with Gasteiger partial charge in [0.2, 0.25) is 5.88 Å². The SMILES string of the molecule is CCc1nn(-c2ccccc2)c(Oc2ccccc2F)c1CN(CCOC)C(=O)c1ccccc1Cl. The fraction of sp³-hybridized carbons (Fsp3) is 0.214. The summed E-state index contributed by atoms with van der Waals surface area (Å²) in [6.07, 6.45) is 0.585. The monoisotopic (exact) mass is 507 g/mol. The van der Waals surface area contributed by atoms with Crippen molar-refractivity contribution in [3.63, 3.8) is 0 Å². The summed E-state index contributed by atoms with van der Waals surface area (Å²) in [4.78, 5) is 15.2. The second-order valence-corrected chi connectivity index (χ2v) is 8.47. The van der Waals surface area contributed by atoms with Crippen molar-refractivity contribution in [2.45, 2.75) is 19.9 Å². The Morgan fingerprint density at radius 2 is 1.72 bits per heavy atom. The van der Waals surface area contributed by atoms with Gasteiger partial charge < -0.3 is 14.4 Å². The molecular weight excluding hydrogens is 481 g/mol. The molecule has 0 fully saturated rings. The van der Waals surface area contributed by atoms with Gasteiger partial charge in [0.05, 0.1) is 40.7 Å². The number of amides is 1. The molecule has 0 saturated heterocycles. The molecule has 3 aromatic carbocycles. The molecule has 6 nitrogen and oxygen atoms in total. The van der Waals surface area contributed by atoms with Gasteiger partial charge in [0.25, 0.3) is 5.91 Å². The van der Waals surface area contributed by atoms with Gasteiger partial charge in [-0.25, -0.2) is 9.07 Å². The molecule has 36 heavy (non-hydrogen) atoms. The molecule has 0 spiro atoms. The summed E-state index contributed by atoms with van der Waals surface area (Å²) in [7, 11) is 1.58. The Balaban J connectivity index is 1.81. The average molecular weight is 508 g/mol. The average Bonchev–Trinajstić information content (AvgIpc) is 3.25. The number of hydrogen-bond donors (Lipinski definition) is 0. The number of carbonyl (C=O) groups excluding carboxylic acids is 1. The molecule has 0 unspecified atom stereocenters. The van der Waals surface area contributed by atoms with E-state index in [1.807, 2.05) is 37.3 Å². The van der Waals surface area contributed by atoms with Crippen molar-refractivity contribution >= 4 is 17.5 Å². The van der Waals surface area contributed by atoms with Crippen LogP contribution >= 0.6 is 11.6 Å². The van der Waals surface area contributed by atoms with Crippen LogP contribution in [0.4, 0.5) is 4.39 Å². The summed E-state index contributed by atoms with van der Waals surface area (Å²) in [5.41, 5.74) is 2.56. The predicted molar refractivity (Wildman–Crippen MR) is 137 cm³/mol. The lowest BCUT2D eigenvalue weighted by molar-refractivity contribution is 0.0679. The summed E-state index contributed by atoms with van der Waals surface area (Å²) in [5.74, 6) is -0.327. The van der Waals surface area contributed by atoms with Gasteiger partial charge in [-0.05, 0) is 42.8 Å². The highest BCUT2D eigenvalue weighted by Gasteiger charge is 2.26. The molecule has 186 valence electrons. The van der Waals surface area contributed by atoms with Crippen LogP contribution in [0.15, 0.2) is 78.9 Å². The number of carbonyl (C=O) groups is 1. The normalized spacial score (nSPS) is 10.9. The number of aryl methyl sites for hydroxylation is 1. The topological polar surface area (TPSA) is 56.6 Å². The summed E-state index contributed by atoms with van der Waals surface area (Å²) in [5, 5.41) is 5.15. The molecule has 1 aromatic heterocycles. The zero-order chi connectivity index (χ0) is 25.5. The second-order valence-electron chi connectivity index (χ2n) is 8.06. The Labute approximate surface area is 214 Å². The second kappa shape index (κ2) is 11.8. The van der Waals surface area contributed by atoms with E-state index in [-0.39, 0.29) is 18.2 Å². The minimum atomic E-state index is -0.495. The lowest BCUT2D eigenvalue weighted by Gasteiger charge is -2.24. The predicted octanol–water partition coefficient (Wildman–Crippen LogP) is 6.31. The molecule has 0 aliphatic rings. The maximum Gasteiger partial charge on any atom is 0.255 e. The quantitative estimate of drug-likeness (QED) is 0.252. The third kappa shape index (κ3) is 5.58. The molecule has 1 amide bonds. The third-order valence-corrected chi connectivity index (χ3v) is 6.03. The molecule has 0 N–H and O–H groups in total. The number of para-hydroxylation sites is 2. The molecule has 0 saturated carbocycles. The maximum absolute atomic E-state index is 14.6. The first-order chi connectivity index (χ1) is 17.5. The molecule has 8 heteroatoms. The van der Waals surface area contributed by atoms with E-state index in [4.69, 9.17) is 26.2 Å². The van der Waals surface area contributed by atoms with Gasteiger partial charge in [-0.15, -0.1) is 0 Å². The Kier molecular flexibility index (Phi) is 8.36. The molecule has 0 aliphatic heterocycles. The number of ether oxygens (including phenoxy) is 2. The molecule has 0 bridgehead atoms. The van der Waals surface area contributed by atoms with Crippen LogP contribution < -0.4 is 4.74 Å². The van der Waals surface area contributed by atoms with Crippen LogP contribution in [0, 0.1) is 5.82 Å². The highest BCUT2D eigenvalue weighted by molar-refractivity contribution is 6.33. The number of methoxy groups -OCH3 is 1. The molecule has 4 rings (SSSR count). The largest absolute Gasteiger partial charge is 0.435 e. The molecule has 0 aliphatic carbocycles. The van der Waals surface area contributed by atoms with E-state index in [0.29, 0.717) is 41.6 Å². The van der Waals surface area contributed by atoms with Crippen LogP contribution in [0.1, 0.15) is 28.5 Å². The number of aromatic nitrogens is 2. The fourth-order valence-electron chi connectivity index (χ4n) is 3.85. The Morgan fingerprint density at radius 3 is 2.42 bits per heavy atom. The first-order valence-corrected chi connectivity index (χ1v) is 12.0. The van der Waals surface area contributed by atoms with E-state index in [1.54, 1.807) is 59.2 Å². The minimum absolute atomic E-state index is 0.0688. The van der Waals surface area contributed by atoms with Crippen LogP contribution in [0.5, 0.6) is 11.6 Å². The van der Waals surface area contributed by atoms with Crippen LogP contribution in [0.3, 0.4) is 0 Å². The van der Waals surface area contributed by atoms with Crippen molar-refractivity contribution in [1.29, 1.82) is 0 Å². The van der Waals surface area contributed by atoms with Crippen LogP contribution in [0.25, 0.3) is 5.69 Å². The van der Waals surface area contributed by atoms with Gasteiger partial charge in [0.1, 0.15) is 0 Å². The third-order valence-electron chi connectivity index (χ3n) is 5.70. The molecule has 0 radical (unpaired) electrons. The summed E-state index contributed by atoms with van der Waals surface area (Å²) in [6, 6.07) is 22.6. The van der Waals surface area contributed by atoms with Crippen molar-refractivity contribution in [2.75, 3.05) is 20.3 Å². The van der Waals surface area contributed by atoms with E-state index in [1.165, 1.54) is 6.07 Å². The fourth-order valence-corrected chi connectivity index (χ4v) is 4.07. The summed E-state index contributed by atoms with van der Waals surface area (Å²) >= 11 is 6.34. The van der Waals surface area contributed by atoms with Gasteiger partial charge >= 0.3 is 0 Å². The minimum Gasteiger partial charge on any atom is -0.435 e. The zero-order valence-corrected chi connectivity index (χ0v) is 20.9. The number of nitrogens with zero attached hydrogens (tertiary/aromatic N) is 3. The highest BCUT2D eigenvalue weighted by Crippen LogP contribution is 2.33. The highest BCUT2D eigenvalue weighted by atomic mass is 35.5. The number of rotatable bonds is 10. The van der Waals surface area contributed by atoms with Crippen molar-refractivity contribution in [3.05, 3.63) is 107 Å². The van der Waals surface area contributed by atoms with Gasteiger partial charge in [0, 0.05) is 13.7 Å². The van der Waals surface area contributed by atoms with E-state index in [0.717, 1.165) is 11.4 Å². The van der Waals surface area contributed by atoms with Crippen molar-refractivity contribution in [3.8, 4) is 17.3 Å². The summed E-state index contributed by atoms with van der Waals surface area (Å²) in [6.45, 7) is 2.80. The van der Waals surface area contributed by atoms with E-state index < -0.39 is 5.82 Å². The number of benzene rings is 3. The Bertz CT molecular complexity index is 1330. The van der Waals surface area contributed by atoms with E-state index in [2.05, 4.69) is 0 Å². The van der Waals surface area contributed by atoms with Crippen molar-refractivity contribution < 1.29 is 18.7 Å². The van der Waals surface area contributed by atoms with Crippen molar-refractivity contribution in [2.24, 2.45) is 0 Å².